The van der Waals surface area contributed by atoms with Crippen LogP contribution in [0.4, 0.5) is 0 Å². The third-order valence-electron chi connectivity index (χ3n) is 1.33. The molecule has 0 aliphatic rings. The van der Waals surface area contributed by atoms with Gasteiger partial charge in [-0.15, -0.1) is 0 Å². The summed E-state index contributed by atoms with van der Waals surface area (Å²) in [7, 11) is 0. The van der Waals surface area contributed by atoms with Crippen molar-refractivity contribution in [1.29, 1.82) is 0 Å². The molecule has 0 fully saturated rings. The maximum Gasteiger partial charge on any atom is 0.338 e. The maximum atomic E-state index is 10.8. The van der Waals surface area contributed by atoms with E-state index in [0.717, 1.165) is 4.47 Å². The Bertz CT molecular complexity index is 375. The molecule has 0 heterocycles. The fourth-order valence-electron chi connectivity index (χ4n) is 0.762. The Morgan fingerprint density at radius 1 is 1.08 bits per heavy atom. The molecule has 2 nitrogen and oxygen atoms in total. The van der Waals surface area contributed by atoms with E-state index in [2.05, 4.69) is 63.7 Å². The number of carbonyl (C=O) groups is 1. The number of halogens is 4. The highest BCUT2D eigenvalue weighted by Gasteiger charge is 2.17. The Kier molecular flexibility index (Phi) is 3.97. The molecule has 0 atom stereocenters. The Balaban J connectivity index is 3.53. The van der Waals surface area contributed by atoms with Gasteiger partial charge in [-0.05, 0) is 69.8 Å². The smallest absolute Gasteiger partial charge is 0.338 e. The van der Waals surface area contributed by atoms with Crippen molar-refractivity contribution < 1.29 is 9.90 Å². The lowest BCUT2D eigenvalue weighted by Gasteiger charge is -2.06. The molecular weight excluding hydrogens is 436 g/mol. The Morgan fingerprint density at radius 2 is 1.62 bits per heavy atom. The maximum absolute atomic E-state index is 10.8. The largest absolute Gasteiger partial charge is 0.478 e. The van der Waals surface area contributed by atoms with E-state index in [1.54, 1.807) is 6.07 Å². The first-order valence-corrected chi connectivity index (χ1v) is 6.18. The molecule has 1 rings (SSSR count). The van der Waals surface area contributed by atoms with E-state index in [1.807, 2.05) is 0 Å². The number of aromatic carboxylic acids is 1. The highest BCUT2D eigenvalue weighted by atomic mass is 79.9. The van der Waals surface area contributed by atoms with E-state index in [-0.39, 0.29) is 5.56 Å². The molecule has 0 radical (unpaired) electrons. The molecule has 0 spiro atoms. The highest BCUT2D eigenvalue weighted by Crippen LogP contribution is 2.37. The van der Waals surface area contributed by atoms with Crippen molar-refractivity contribution in [3.63, 3.8) is 0 Å². The van der Waals surface area contributed by atoms with Crippen LogP contribution in [0.3, 0.4) is 0 Å². The SMILES string of the molecule is O=C(O)c1c(Br)cc(Br)c(Br)c1Br. The van der Waals surface area contributed by atoms with Crippen molar-refractivity contribution >= 4 is 69.7 Å². The van der Waals surface area contributed by atoms with Gasteiger partial charge in [-0.1, -0.05) is 0 Å². The zero-order chi connectivity index (χ0) is 10.2. The van der Waals surface area contributed by atoms with Crippen molar-refractivity contribution in [1.82, 2.24) is 0 Å². The van der Waals surface area contributed by atoms with Crippen molar-refractivity contribution in [2.24, 2.45) is 0 Å². The number of hydrogen-bond donors (Lipinski definition) is 1. The standard InChI is InChI=1S/C7H2Br4O2/c8-2-1-3(9)5(10)6(11)4(2)7(12)13/h1H,(H,12,13). The van der Waals surface area contributed by atoms with Gasteiger partial charge in [0.05, 0.1) is 5.56 Å². The predicted octanol–water partition coefficient (Wildman–Crippen LogP) is 4.43. The molecule has 0 unspecified atom stereocenters. The van der Waals surface area contributed by atoms with Crippen molar-refractivity contribution in [2.75, 3.05) is 0 Å². The summed E-state index contributed by atoms with van der Waals surface area (Å²) in [5.41, 5.74) is 0.204. The Morgan fingerprint density at radius 3 is 2.08 bits per heavy atom. The first-order chi connectivity index (χ1) is 5.95. The van der Waals surface area contributed by atoms with E-state index < -0.39 is 5.97 Å². The summed E-state index contributed by atoms with van der Waals surface area (Å²) in [6.07, 6.45) is 0. The first-order valence-electron chi connectivity index (χ1n) is 3.01. The molecule has 1 aromatic carbocycles. The normalized spacial score (nSPS) is 10.2. The van der Waals surface area contributed by atoms with Crippen LogP contribution in [0.2, 0.25) is 0 Å². The molecule has 0 aliphatic carbocycles. The third kappa shape index (κ3) is 2.34. The van der Waals surface area contributed by atoms with Crippen LogP contribution in [0.25, 0.3) is 0 Å². The van der Waals surface area contributed by atoms with Crippen LogP contribution in [-0.2, 0) is 0 Å². The van der Waals surface area contributed by atoms with Gasteiger partial charge in [0.15, 0.2) is 0 Å². The molecule has 0 bridgehead atoms. The van der Waals surface area contributed by atoms with E-state index in [1.165, 1.54) is 0 Å². The summed E-state index contributed by atoms with van der Waals surface area (Å²) in [4.78, 5) is 10.8. The fraction of sp³-hybridized carbons (Fsp3) is 0. The molecule has 1 aromatic rings. The number of benzene rings is 1. The zero-order valence-corrected chi connectivity index (χ0v) is 12.3. The minimum atomic E-state index is -0.980. The number of hydrogen-bond acceptors (Lipinski definition) is 1. The average molecular weight is 438 g/mol. The van der Waals surface area contributed by atoms with Crippen LogP contribution in [0, 0.1) is 0 Å². The molecule has 0 amide bonds. The van der Waals surface area contributed by atoms with Gasteiger partial charge in [-0.25, -0.2) is 4.79 Å². The summed E-state index contributed by atoms with van der Waals surface area (Å²) in [5, 5.41) is 8.87. The van der Waals surface area contributed by atoms with E-state index >= 15 is 0 Å². The quantitative estimate of drug-likeness (QED) is 0.521. The highest BCUT2D eigenvalue weighted by molar-refractivity contribution is 9.14. The summed E-state index contributed by atoms with van der Waals surface area (Å²) in [6.45, 7) is 0. The summed E-state index contributed by atoms with van der Waals surface area (Å²) in [6, 6.07) is 1.68. The second-order valence-corrected chi connectivity index (χ2v) is 5.44. The van der Waals surface area contributed by atoms with Gasteiger partial charge in [0.2, 0.25) is 0 Å². The molecule has 0 saturated heterocycles. The molecule has 1 N–H and O–H groups in total. The molecule has 6 heteroatoms. The topological polar surface area (TPSA) is 37.3 Å². The predicted molar refractivity (Wildman–Crippen MR) is 64.2 cm³/mol. The Labute approximate surface area is 108 Å². The van der Waals surface area contributed by atoms with Gasteiger partial charge >= 0.3 is 5.97 Å². The van der Waals surface area contributed by atoms with Crippen LogP contribution in [0.15, 0.2) is 24.0 Å². The Hall–Kier alpha value is 0.610. The lowest BCUT2D eigenvalue weighted by atomic mass is 10.2. The minimum absolute atomic E-state index is 0.204. The average Bonchev–Trinajstić information content (AvgIpc) is 1.99. The van der Waals surface area contributed by atoms with Crippen molar-refractivity contribution in [3.05, 3.63) is 29.5 Å². The van der Waals surface area contributed by atoms with E-state index in [9.17, 15) is 4.79 Å². The monoisotopic (exact) mass is 434 g/mol. The van der Waals surface area contributed by atoms with Crippen LogP contribution < -0.4 is 0 Å². The van der Waals surface area contributed by atoms with Crippen molar-refractivity contribution in [2.45, 2.75) is 0 Å². The van der Waals surface area contributed by atoms with Crippen molar-refractivity contribution in [3.8, 4) is 0 Å². The lowest BCUT2D eigenvalue weighted by molar-refractivity contribution is 0.0695. The zero-order valence-electron chi connectivity index (χ0n) is 5.94. The molecule has 0 saturated carbocycles. The minimum Gasteiger partial charge on any atom is -0.478 e. The van der Waals surface area contributed by atoms with Gasteiger partial charge in [-0.3, -0.25) is 0 Å². The van der Waals surface area contributed by atoms with E-state index in [4.69, 9.17) is 5.11 Å². The van der Waals surface area contributed by atoms with Gasteiger partial charge in [0.1, 0.15) is 0 Å². The summed E-state index contributed by atoms with van der Waals surface area (Å²) in [5.74, 6) is -0.980. The van der Waals surface area contributed by atoms with Gasteiger partial charge in [-0.2, -0.15) is 0 Å². The van der Waals surface area contributed by atoms with Crippen LogP contribution in [0.1, 0.15) is 10.4 Å². The molecule has 13 heavy (non-hydrogen) atoms. The number of carboxylic acids is 1. The number of rotatable bonds is 1. The van der Waals surface area contributed by atoms with Crippen LogP contribution in [0.5, 0.6) is 0 Å². The van der Waals surface area contributed by atoms with Gasteiger partial charge < -0.3 is 5.11 Å². The van der Waals surface area contributed by atoms with Gasteiger partial charge in [0, 0.05) is 17.9 Å². The molecular formula is C7H2Br4O2. The van der Waals surface area contributed by atoms with E-state index in [0.29, 0.717) is 13.4 Å². The van der Waals surface area contributed by atoms with Crippen LogP contribution >= 0.6 is 63.7 Å². The second-order valence-electron chi connectivity index (χ2n) is 2.15. The molecule has 0 aliphatic heterocycles. The molecule has 0 aromatic heterocycles. The number of carboxylic acid groups (broad SMARTS) is 1. The first kappa shape index (κ1) is 11.7. The van der Waals surface area contributed by atoms with Crippen LogP contribution in [-0.4, -0.2) is 11.1 Å². The lowest BCUT2D eigenvalue weighted by Crippen LogP contribution is -2.00. The van der Waals surface area contributed by atoms with Gasteiger partial charge in [0.25, 0.3) is 0 Å². The summed E-state index contributed by atoms with van der Waals surface area (Å²) < 4.78 is 2.52. The summed E-state index contributed by atoms with van der Waals surface area (Å²) >= 11 is 12.9. The molecule has 70 valence electrons. The second kappa shape index (κ2) is 4.42. The third-order valence-corrected chi connectivity index (χ3v) is 5.26. The fourth-order valence-corrected chi connectivity index (χ4v) is 3.53.